The number of hydrogen-bond acceptors (Lipinski definition) is 4. The van der Waals surface area contributed by atoms with Crippen molar-refractivity contribution in [3.8, 4) is 0 Å². The summed E-state index contributed by atoms with van der Waals surface area (Å²) >= 11 is 8.89. The third-order valence-electron chi connectivity index (χ3n) is 3.95. The fourth-order valence-corrected chi connectivity index (χ4v) is 3.30. The van der Waals surface area contributed by atoms with Gasteiger partial charge in [-0.25, -0.2) is 4.98 Å². The van der Waals surface area contributed by atoms with Gasteiger partial charge in [0.25, 0.3) is 0 Å². The largest absolute Gasteiger partial charge is 0.329 e. The molecule has 0 amide bonds. The number of nitrogens with zero attached hydrogens (tertiary/aromatic N) is 4. The maximum atomic E-state index is 5.45. The summed E-state index contributed by atoms with van der Waals surface area (Å²) in [5.74, 6) is 0. The smallest absolute Gasteiger partial charge is 0.179 e. The van der Waals surface area contributed by atoms with Crippen molar-refractivity contribution in [2.75, 3.05) is 33.7 Å². The number of nitrogens with one attached hydrogen (secondary N) is 1. The number of imidazole rings is 1. The molecular weight excluding hydrogens is 338 g/mol. The van der Waals surface area contributed by atoms with Crippen molar-refractivity contribution in [2.24, 2.45) is 0 Å². The topological polar surface area (TPSA) is 40.1 Å². The molecule has 3 heterocycles. The van der Waals surface area contributed by atoms with E-state index >= 15 is 0 Å². The van der Waals surface area contributed by atoms with Gasteiger partial charge in [0.1, 0.15) is 0 Å². The molecule has 1 aliphatic rings. The van der Waals surface area contributed by atoms with Gasteiger partial charge >= 0.3 is 0 Å². The molecule has 0 bridgehead atoms. The molecule has 3 rings (SSSR count). The van der Waals surface area contributed by atoms with Crippen LogP contribution in [0.15, 0.2) is 16.7 Å². The minimum Gasteiger partial charge on any atom is -0.329 e. The van der Waals surface area contributed by atoms with Crippen molar-refractivity contribution < 1.29 is 0 Å². The Hall–Kier alpha value is -0.760. The molecular formula is C13H18BrN5S. The van der Waals surface area contributed by atoms with Crippen molar-refractivity contribution in [1.82, 2.24) is 24.3 Å². The van der Waals surface area contributed by atoms with Crippen LogP contribution in [0.4, 0.5) is 0 Å². The maximum absolute atomic E-state index is 5.45. The lowest BCUT2D eigenvalue weighted by atomic mass is 10.2. The Bertz CT molecular complexity index is 679. The summed E-state index contributed by atoms with van der Waals surface area (Å²) in [6, 6.07) is 2.48. The molecule has 1 unspecified atom stereocenters. The standard InChI is InChI=1S/C13H18BrN5S/c1-17-3-4-18(2)10(7-17)8-19-12-11(16-13(19)20)5-9(14)6-15-12/h5-6,10H,3-4,7-8H2,1-2H3,(H,16,20). The van der Waals surface area contributed by atoms with Crippen LogP contribution in [0, 0.1) is 4.77 Å². The monoisotopic (exact) mass is 355 g/mol. The van der Waals surface area contributed by atoms with Gasteiger partial charge in [-0.05, 0) is 48.3 Å². The molecule has 0 saturated carbocycles. The molecule has 1 aliphatic heterocycles. The average Bonchev–Trinajstić information content (AvgIpc) is 2.69. The number of fused-ring (bicyclic) bond motifs is 1. The molecule has 108 valence electrons. The SMILES string of the molecule is CN1CCN(C)C(Cn2c(=S)[nH]c3cc(Br)cnc32)C1. The Balaban J connectivity index is 1.94. The number of hydrogen-bond donors (Lipinski definition) is 1. The van der Waals surface area contributed by atoms with Gasteiger partial charge in [-0.1, -0.05) is 0 Å². The Morgan fingerprint density at radius 3 is 3.05 bits per heavy atom. The average molecular weight is 356 g/mol. The van der Waals surface area contributed by atoms with Crippen LogP contribution in [0.25, 0.3) is 11.2 Å². The number of H-pyrrole nitrogens is 1. The molecule has 5 nitrogen and oxygen atoms in total. The molecule has 2 aromatic rings. The predicted octanol–water partition coefficient (Wildman–Crippen LogP) is 2.10. The summed E-state index contributed by atoms with van der Waals surface area (Å²) < 4.78 is 3.81. The van der Waals surface area contributed by atoms with E-state index in [1.807, 2.05) is 12.3 Å². The highest BCUT2D eigenvalue weighted by Gasteiger charge is 2.23. The highest BCUT2D eigenvalue weighted by molar-refractivity contribution is 9.10. The Morgan fingerprint density at radius 1 is 1.45 bits per heavy atom. The predicted molar refractivity (Wildman–Crippen MR) is 86.5 cm³/mol. The number of halogens is 1. The van der Waals surface area contributed by atoms with Crippen LogP contribution in [0.2, 0.25) is 0 Å². The van der Waals surface area contributed by atoms with E-state index in [-0.39, 0.29) is 0 Å². The van der Waals surface area contributed by atoms with Gasteiger partial charge in [0.05, 0.1) is 5.52 Å². The number of rotatable bonds is 2. The minimum atomic E-state index is 0.463. The molecule has 0 aliphatic carbocycles. The lowest BCUT2D eigenvalue weighted by Gasteiger charge is -2.37. The third-order valence-corrected chi connectivity index (χ3v) is 4.71. The van der Waals surface area contributed by atoms with E-state index in [1.165, 1.54) is 0 Å². The fourth-order valence-electron chi connectivity index (χ4n) is 2.70. The maximum Gasteiger partial charge on any atom is 0.179 e. The van der Waals surface area contributed by atoms with Gasteiger partial charge in [0.15, 0.2) is 10.4 Å². The zero-order chi connectivity index (χ0) is 14.3. The van der Waals surface area contributed by atoms with Crippen LogP contribution in [0.5, 0.6) is 0 Å². The van der Waals surface area contributed by atoms with E-state index in [0.29, 0.717) is 6.04 Å². The summed E-state index contributed by atoms with van der Waals surface area (Å²) in [4.78, 5) is 12.5. The van der Waals surface area contributed by atoms with Crippen molar-refractivity contribution in [3.63, 3.8) is 0 Å². The second-order valence-corrected chi connectivity index (χ2v) is 6.76. The first-order chi connectivity index (χ1) is 9.54. The Labute approximate surface area is 131 Å². The summed E-state index contributed by atoms with van der Waals surface area (Å²) in [5.41, 5.74) is 1.91. The van der Waals surface area contributed by atoms with Crippen LogP contribution >= 0.6 is 28.1 Å². The van der Waals surface area contributed by atoms with E-state index in [9.17, 15) is 0 Å². The lowest BCUT2D eigenvalue weighted by molar-refractivity contribution is 0.103. The second kappa shape index (κ2) is 5.55. The van der Waals surface area contributed by atoms with E-state index in [4.69, 9.17) is 12.2 Å². The van der Waals surface area contributed by atoms with E-state index in [1.54, 1.807) is 0 Å². The van der Waals surface area contributed by atoms with Crippen LogP contribution in [0.1, 0.15) is 0 Å². The quantitative estimate of drug-likeness (QED) is 0.837. The van der Waals surface area contributed by atoms with Crippen LogP contribution < -0.4 is 0 Å². The molecule has 0 radical (unpaired) electrons. The molecule has 0 aromatic carbocycles. The van der Waals surface area contributed by atoms with E-state index in [0.717, 1.165) is 46.6 Å². The summed E-state index contributed by atoms with van der Waals surface area (Å²) in [7, 11) is 4.35. The molecule has 2 aromatic heterocycles. The molecule has 1 saturated heterocycles. The van der Waals surface area contributed by atoms with Crippen molar-refractivity contribution >= 4 is 39.3 Å². The third kappa shape index (κ3) is 2.67. The van der Waals surface area contributed by atoms with Crippen molar-refractivity contribution in [2.45, 2.75) is 12.6 Å². The van der Waals surface area contributed by atoms with E-state index < -0.39 is 0 Å². The second-order valence-electron chi connectivity index (χ2n) is 5.46. The Kier molecular flexibility index (Phi) is 3.94. The fraction of sp³-hybridized carbons (Fsp3) is 0.538. The van der Waals surface area contributed by atoms with Crippen LogP contribution in [-0.4, -0.2) is 64.1 Å². The highest BCUT2D eigenvalue weighted by atomic mass is 79.9. The zero-order valence-corrected chi connectivity index (χ0v) is 14.0. The van der Waals surface area contributed by atoms with Crippen molar-refractivity contribution in [1.29, 1.82) is 0 Å². The van der Waals surface area contributed by atoms with Gasteiger partial charge < -0.3 is 9.88 Å². The molecule has 0 spiro atoms. The van der Waals surface area contributed by atoms with Gasteiger partial charge in [0.2, 0.25) is 0 Å². The van der Waals surface area contributed by atoms with E-state index in [2.05, 4.69) is 54.4 Å². The molecule has 1 N–H and O–H groups in total. The first-order valence-electron chi connectivity index (χ1n) is 6.67. The summed E-state index contributed by atoms with van der Waals surface area (Å²) in [5, 5.41) is 0. The van der Waals surface area contributed by atoms with Gasteiger partial charge in [-0.2, -0.15) is 0 Å². The van der Waals surface area contributed by atoms with Gasteiger partial charge in [0, 0.05) is 42.9 Å². The minimum absolute atomic E-state index is 0.463. The number of likely N-dealkylation sites (N-methyl/N-ethyl adjacent to an activating group) is 2. The normalized spacial score (nSPS) is 21.6. The first kappa shape index (κ1) is 14.2. The zero-order valence-electron chi connectivity index (χ0n) is 11.6. The van der Waals surface area contributed by atoms with Gasteiger partial charge in [-0.3, -0.25) is 9.47 Å². The van der Waals surface area contributed by atoms with Gasteiger partial charge in [-0.15, -0.1) is 0 Å². The van der Waals surface area contributed by atoms with Crippen LogP contribution in [0.3, 0.4) is 0 Å². The summed E-state index contributed by atoms with van der Waals surface area (Å²) in [6.45, 7) is 4.14. The molecule has 20 heavy (non-hydrogen) atoms. The molecule has 1 fully saturated rings. The summed E-state index contributed by atoms with van der Waals surface area (Å²) in [6.07, 6.45) is 1.82. The first-order valence-corrected chi connectivity index (χ1v) is 7.87. The lowest BCUT2D eigenvalue weighted by Crippen LogP contribution is -2.51. The number of aromatic nitrogens is 3. The molecule has 7 heteroatoms. The highest BCUT2D eigenvalue weighted by Crippen LogP contribution is 2.18. The molecule has 1 atom stereocenters. The number of piperazine rings is 1. The Morgan fingerprint density at radius 2 is 2.25 bits per heavy atom. The van der Waals surface area contributed by atoms with Crippen LogP contribution in [-0.2, 0) is 6.54 Å². The number of pyridine rings is 1. The van der Waals surface area contributed by atoms with Crippen molar-refractivity contribution in [3.05, 3.63) is 21.5 Å². The number of aromatic amines is 1.